The molecule has 1 fully saturated rings. The van der Waals surface area contributed by atoms with Crippen LogP contribution in [0.3, 0.4) is 0 Å². The lowest BCUT2D eigenvalue weighted by atomic mass is 9.94. The average molecular weight is 484 g/mol. The first kappa shape index (κ1) is 25.0. The monoisotopic (exact) mass is 484 g/mol. The van der Waals surface area contributed by atoms with Crippen LogP contribution < -0.4 is 4.74 Å². The molecule has 0 aliphatic carbocycles. The lowest BCUT2D eigenvalue weighted by Gasteiger charge is -2.30. The Hall–Kier alpha value is -3.10. The van der Waals surface area contributed by atoms with E-state index in [1.165, 1.54) is 48.5 Å². The Balaban J connectivity index is 1.53. The molecule has 0 radical (unpaired) electrons. The topological polar surface area (TPSA) is 27.7 Å². The fourth-order valence-corrected chi connectivity index (χ4v) is 4.10. The van der Waals surface area contributed by atoms with Crippen molar-refractivity contribution in [2.45, 2.75) is 25.0 Å². The Kier molecular flexibility index (Phi) is 7.93. The Morgan fingerprint density at radius 1 is 0.829 bits per heavy atom. The van der Waals surface area contributed by atoms with Gasteiger partial charge in [0.2, 0.25) is 5.82 Å². The van der Waals surface area contributed by atoms with Crippen LogP contribution in [0.25, 0.3) is 22.3 Å². The lowest BCUT2D eigenvalue weighted by Crippen LogP contribution is -2.31. The van der Waals surface area contributed by atoms with Gasteiger partial charge in [-0.1, -0.05) is 42.5 Å². The van der Waals surface area contributed by atoms with Crippen LogP contribution in [-0.2, 0) is 9.47 Å². The molecule has 3 aromatic carbocycles. The zero-order valence-corrected chi connectivity index (χ0v) is 19.3. The molecule has 0 amide bonds. The van der Waals surface area contributed by atoms with Gasteiger partial charge in [-0.15, -0.1) is 6.58 Å². The summed E-state index contributed by atoms with van der Waals surface area (Å²) in [5.41, 5.74) is 1.11. The Labute approximate surface area is 202 Å². The second-order valence-corrected chi connectivity index (χ2v) is 8.24. The second kappa shape index (κ2) is 11.1. The summed E-state index contributed by atoms with van der Waals surface area (Å²) in [7, 11) is 1.68. The van der Waals surface area contributed by atoms with E-state index in [2.05, 4.69) is 6.58 Å². The molecule has 3 aromatic rings. The standard InChI is InChI=1S/C27H25BF4O3/c1-2-3-4-23-33-13-18(14-34-23)21-10-9-19(24(29)25(21)30)16-5-7-17(8-6-16)20-11-12-22(35-15-28)27(32)26(20)31/h2,5-12,18,23H,1,3-4,13-15,28H2. The zero-order valence-electron chi connectivity index (χ0n) is 19.3. The number of halogens is 4. The van der Waals surface area contributed by atoms with E-state index in [0.29, 0.717) is 17.5 Å². The third-order valence-electron chi connectivity index (χ3n) is 5.98. The van der Waals surface area contributed by atoms with Gasteiger partial charge in [0, 0.05) is 23.5 Å². The molecule has 4 rings (SSSR count). The van der Waals surface area contributed by atoms with E-state index in [1.807, 2.05) is 0 Å². The van der Waals surface area contributed by atoms with Crippen molar-refractivity contribution < 1.29 is 31.8 Å². The van der Waals surface area contributed by atoms with E-state index in [-0.39, 0.29) is 48.4 Å². The molecule has 1 saturated heterocycles. The second-order valence-electron chi connectivity index (χ2n) is 8.24. The van der Waals surface area contributed by atoms with Gasteiger partial charge in [0.15, 0.2) is 37.3 Å². The molecule has 0 spiro atoms. The summed E-state index contributed by atoms with van der Waals surface area (Å²) in [6.45, 7) is 4.34. The number of rotatable bonds is 8. The molecular formula is C27H25BF4O3. The Bertz CT molecular complexity index is 1190. The maximum atomic E-state index is 15.0. The van der Waals surface area contributed by atoms with E-state index in [1.54, 1.807) is 13.9 Å². The van der Waals surface area contributed by atoms with Crippen molar-refractivity contribution in [2.75, 3.05) is 19.7 Å². The van der Waals surface area contributed by atoms with Crippen molar-refractivity contribution in [1.29, 1.82) is 0 Å². The van der Waals surface area contributed by atoms with Gasteiger partial charge in [-0.25, -0.2) is 13.2 Å². The van der Waals surface area contributed by atoms with Crippen LogP contribution >= 0.6 is 0 Å². The van der Waals surface area contributed by atoms with E-state index in [4.69, 9.17) is 14.2 Å². The van der Waals surface area contributed by atoms with Gasteiger partial charge in [-0.2, -0.15) is 4.39 Å². The minimum absolute atomic E-state index is 0.0446. The summed E-state index contributed by atoms with van der Waals surface area (Å²) in [6, 6.07) is 12.0. The van der Waals surface area contributed by atoms with E-state index in [9.17, 15) is 13.2 Å². The summed E-state index contributed by atoms with van der Waals surface area (Å²) in [6.07, 6.45) is 2.80. The SMILES string of the molecule is BCOc1ccc(-c2ccc(-c3ccc(C4COC(CCC=C)OC4)c(F)c3F)cc2)c(F)c1F. The molecule has 3 nitrogen and oxygen atoms in total. The fourth-order valence-electron chi connectivity index (χ4n) is 4.10. The van der Waals surface area contributed by atoms with Crippen LogP contribution in [0.15, 0.2) is 61.2 Å². The zero-order chi connectivity index (χ0) is 24.9. The fraction of sp³-hybridized carbons (Fsp3) is 0.259. The number of allylic oxidation sites excluding steroid dienone is 1. The van der Waals surface area contributed by atoms with E-state index < -0.39 is 29.2 Å². The van der Waals surface area contributed by atoms with E-state index in [0.717, 1.165) is 6.42 Å². The highest BCUT2D eigenvalue weighted by atomic mass is 19.2. The molecule has 35 heavy (non-hydrogen) atoms. The largest absolute Gasteiger partial charge is 0.500 e. The third-order valence-corrected chi connectivity index (χ3v) is 5.98. The molecule has 1 aliphatic heterocycles. The summed E-state index contributed by atoms with van der Waals surface area (Å²) in [5, 5.41) is 0. The van der Waals surface area contributed by atoms with Crippen LogP contribution in [0.1, 0.15) is 24.3 Å². The molecule has 0 atom stereocenters. The smallest absolute Gasteiger partial charge is 0.201 e. The van der Waals surface area contributed by atoms with Crippen LogP contribution in [0.5, 0.6) is 5.75 Å². The van der Waals surface area contributed by atoms with Crippen molar-refractivity contribution in [2.24, 2.45) is 0 Å². The molecular weight excluding hydrogens is 459 g/mol. The van der Waals surface area contributed by atoms with Crippen LogP contribution in [0, 0.1) is 23.3 Å². The van der Waals surface area contributed by atoms with Gasteiger partial charge in [0.25, 0.3) is 0 Å². The lowest BCUT2D eigenvalue weighted by molar-refractivity contribution is -0.189. The van der Waals surface area contributed by atoms with E-state index >= 15 is 4.39 Å². The quantitative estimate of drug-likeness (QED) is 0.224. The molecule has 8 heteroatoms. The van der Waals surface area contributed by atoms with Crippen molar-refractivity contribution in [3.63, 3.8) is 0 Å². The Morgan fingerprint density at radius 2 is 1.40 bits per heavy atom. The van der Waals surface area contributed by atoms with Crippen LogP contribution in [0.2, 0.25) is 0 Å². The summed E-state index contributed by atoms with van der Waals surface area (Å²) in [4.78, 5) is 0. The molecule has 182 valence electrons. The van der Waals surface area contributed by atoms with Crippen molar-refractivity contribution in [3.8, 4) is 28.0 Å². The van der Waals surface area contributed by atoms with Crippen molar-refractivity contribution in [1.82, 2.24) is 0 Å². The first-order chi connectivity index (χ1) is 16.9. The summed E-state index contributed by atoms with van der Waals surface area (Å²) in [5.74, 6) is -4.62. The predicted octanol–water partition coefficient (Wildman–Crippen LogP) is 5.97. The van der Waals surface area contributed by atoms with Gasteiger partial charge >= 0.3 is 0 Å². The maximum absolute atomic E-state index is 15.0. The van der Waals surface area contributed by atoms with Crippen LogP contribution in [0.4, 0.5) is 17.6 Å². The highest BCUT2D eigenvalue weighted by Crippen LogP contribution is 2.34. The first-order valence-electron chi connectivity index (χ1n) is 11.5. The number of benzene rings is 3. The molecule has 0 unspecified atom stereocenters. The van der Waals surface area contributed by atoms with Gasteiger partial charge in [-0.3, -0.25) is 0 Å². The van der Waals surface area contributed by atoms with Gasteiger partial charge < -0.3 is 14.2 Å². The molecule has 0 N–H and O–H groups in total. The number of ether oxygens (including phenoxy) is 3. The number of hydrogen-bond donors (Lipinski definition) is 0. The first-order valence-corrected chi connectivity index (χ1v) is 11.5. The molecule has 1 aliphatic rings. The minimum Gasteiger partial charge on any atom is -0.500 e. The van der Waals surface area contributed by atoms with Gasteiger partial charge in [0.1, 0.15) is 0 Å². The molecule has 0 bridgehead atoms. The molecule has 0 aromatic heterocycles. The minimum atomic E-state index is -1.07. The maximum Gasteiger partial charge on any atom is 0.201 e. The average Bonchev–Trinajstić information content (AvgIpc) is 2.88. The highest BCUT2D eigenvalue weighted by molar-refractivity contribution is 6.08. The Morgan fingerprint density at radius 3 is 1.97 bits per heavy atom. The summed E-state index contributed by atoms with van der Waals surface area (Å²) >= 11 is 0. The highest BCUT2D eigenvalue weighted by Gasteiger charge is 2.27. The molecule has 0 saturated carbocycles. The van der Waals surface area contributed by atoms with Crippen molar-refractivity contribution in [3.05, 3.63) is 90.0 Å². The molecule has 1 heterocycles. The normalized spacial score (nSPS) is 17.8. The third kappa shape index (κ3) is 5.28. The number of hydrogen-bond acceptors (Lipinski definition) is 3. The van der Waals surface area contributed by atoms with Crippen LogP contribution in [-0.4, -0.2) is 33.9 Å². The van der Waals surface area contributed by atoms with Gasteiger partial charge in [0.05, 0.1) is 19.7 Å². The predicted molar refractivity (Wildman–Crippen MR) is 129 cm³/mol. The summed E-state index contributed by atoms with van der Waals surface area (Å²) < 4.78 is 75.1. The van der Waals surface area contributed by atoms with Crippen molar-refractivity contribution >= 4 is 7.85 Å². The van der Waals surface area contributed by atoms with Gasteiger partial charge in [-0.05, 0) is 35.2 Å².